The van der Waals surface area contributed by atoms with E-state index >= 15 is 0 Å². The molecule has 20 heavy (non-hydrogen) atoms. The van der Waals surface area contributed by atoms with Gasteiger partial charge in [0.05, 0.1) is 0 Å². The van der Waals surface area contributed by atoms with Crippen molar-refractivity contribution >= 4 is 28.1 Å². The van der Waals surface area contributed by atoms with Gasteiger partial charge in [0.25, 0.3) is 0 Å². The van der Waals surface area contributed by atoms with Crippen LogP contribution in [0, 0.1) is 0 Å². The molecule has 0 amide bonds. The number of nitrogens with one attached hydrogen (secondary N) is 1. The standard InChI is InChI=1S/C18H14ClN/c19-14-7-8-15-13(10-14)6-9-17-18(15)16(11-20-17)12-4-2-1-3-5-12/h1-10,16,20H,11H2. The monoisotopic (exact) mass is 279 g/mol. The lowest BCUT2D eigenvalue weighted by molar-refractivity contribution is 0.914. The Labute approximate surface area is 123 Å². The summed E-state index contributed by atoms with van der Waals surface area (Å²) >= 11 is 6.11. The third-order valence-corrected chi connectivity index (χ3v) is 4.31. The summed E-state index contributed by atoms with van der Waals surface area (Å²) in [7, 11) is 0. The number of hydrogen-bond donors (Lipinski definition) is 1. The van der Waals surface area contributed by atoms with Gasteiger partial charge in [-0.25, -0.2) is 0 Å². The molecule has 1 aliphatic rings. The van der Waals surface area contributed by atoms with Gasteiger partial charge in [0, 0.05) is 23.2 Å². The van der Waals surface area contributed by atoms with Crippen LogP contribution in [0.5, 0.6) is 0 Å². The molecule has 1 N–H and O–H groups in total. The van der Waals surface area contributed by atoms with Gasteiger partial charge in [0.2, 0.25) is 0 Å². The number of anilines is 1. The molecule has 3 aromatic carbocycles. The van der Waals surface area contributed by atoms with Crippen molar-refractivity contribution in [3.63, 3.8) is 0 Å². The van der Waals surface area contributed by atoms with Gasteiger partial charge in [0.1, 0.15) is 0 Å². The number of benzene rings is 3. The van der Waals surface area contributed by atoms with Crippen molar-refractivity contribution in [1.29, 1.82) is 0 Å². The summed E-state index contributed by atoms with van der Waals surface area (Å²) in [5.41, 5.74) is 4.00. The smallest absolute Gasteiger partial charge is 0.0412 e. The summed E-state index contributed by atoms with van der Waals surface area (Å²) in [5, 5.41) is 6.82. The van der Waals surface area contributed by atoms with E-state index in [1.807, 2.05) is 12.1 Å². The molecule has 0 aliphatic carbocycles. The van der Waals surface area contributed by atoms with Gasteiger partial charge >= 0.3 is 0 Å². The highest BCUT2D eigenvalue weighted by Crippen LogP contribution is 2.41. The summed E-state index contributed by atoms with van der Waals surface area (Å²) < 4.78 is 0. The molecule has 4 rings (SSSR count). The fourth-order valence-electron chi connectivity index (χ4n) is 3.14. The summed E-state index contributed by atoms with van der Waals surface area (Å²) in [6, 6.07) is 21.1. The molecule has 1 unspecified atom stereocenters. The van der Waals surface area contributed by atoms with E-state index in [0.29, 0.717) is 5.92 Å². The highest BCUT2D eigenvalue weighted by Gasteiger charge is 2.25. The summed E-state index contributed by atoms with van der Waals surface area (Å²) in [5.74, 6) is 0.413. The van der Waals surface area contributed by atoms with E-state index in [0.717, 1.165) is 11.6 Å². The van der Waals surface area contributed by atoms with Crippen LogP contribution in [-0.2, 0) is 0 Å². The average molecular weight is 280 g/mol. The maximum absolute atomic E-state index is 6.11. The van der Waals surface area contributed by atoms with E-state index in [-0.39, 0.29) is 0 Å². The van der Waals surface area contributed by atoms with Crippen LogP contribution in [0.4, 0.5) is 5.69 Å². The second kappa shape index (κ2) is 4.53. The molecule has 1 aliphatic heterocycles. The minimum absolute atomic E-state index is 0.413. The molecule has 0 spiro atoms. The fourth-order valence-corrected chi connectivity index (χ4v) is 3.32. The lowest BCUT2D eigenvalue weighted by Crippen LogP contribution is -2.03. The number of fused-ring (bicyclic) bond motifs is 3. The molecule has 1 atom stereocenters. The van der Waals surface area contributed by atoms with E-state index in [9.17, 15) is 0 Å². The van der Waals surface area contributed by atoms with Crippen LogP contribution in [0.25, 0.3) is 10.8 Å². The van der Waals surface area contributed by atoms with Crippen molar-refractivity contribution in [2.75, 3.05) is 11.9 Å². The fraction of sp³-hybridized carbons (Fsp3) is 0.111. The van der Waals surface area contributed by atoms with Gasteiger partial charge in [0.15, 0.2) is 0 Å². The Morgan fingerprint density at radius 2 is 1.80 bits per heavy atom. The van der Waals surface area contributed by atoms with Crippen molar-refractivity contribution in [1.82, 2.24) is 0 Å². The minimum Gasteiger partial charge on any atom is -0.384 e. The minimum atomic E-state index is 0.413. The van der Waals surface area contributed by atoms with Crippen molar-refractivity contribution in [3.8, 4) is 0 Å². The molecular formula is C18H14ClN. The number of hydrogen-bond acceptors (Lipinski definition) is 1. The van der Waals surface area contributed by atoms with Crippen LogP contribution in [0.1, 0.15) is 17.0 Å². The van der Waals surface area contributed by atoms with Crippen molar-refractivity contribution in [2.45, 2.75) is 5.92 Å². The highest BCUT2D eigenvalue weighted by atomic mass is 35.5. The highest BCUT2D eigenvalue weighted by molar-refractivity contribution is 6.31. The lowest BCUT2D eigenvalue weighted by Gasteiger charge is -2.13. The van der Waals surface area contributed by atoms with Crippen molar-refractivity contribution in [2.24, 2.45) is 0 Å². The van der Waals surface area contributed by atoms with Crippen molar-refractivity contribution in [3.05, 3.63) is 76.8 Å². The number of halogens is 1. The third-order valence-electron chi connectivity index (χ3n) is 4.07. The van der Waals surface area contributed by atoms with E-state index in [4.69, 9.17) is 11.6 Å². The van der Waals surface area contributed by atoms with Crippen LogP contribution < -0.4 is 5.32 Å². The zero-order chi connectivity index (χ0) is 13.5. The maximum atomic E-state index is 6.11. The predicted octanol–water partition coefficient (Wildman–Crippen LogP) is 5.05. The van der Waals surface area contributed by atoms with E-state index in [2.05, 4.69) is 53.8 Å². The largest absolute Gasteiger partial charge is 0.384 e. The van der Waals surface area contributed by atoms with Gasteiger partial charge in [-0.2, -0.15) is 0 Å². The van der Waals surface area contributed by atoms with Gasteiger partial charge < -0.3 is 5.32 Å². The summed E-state index contributed by atoms with van der Waals surface area (Å²) in [6.07, 6.45) is 0. The van der Waals surface area contributed by atoms with Crippen LogP contribution in [-0.4, -0.2) is 6.54 Å². The molecule has 0 aromatic heterocycles. The molecule has 0 radical (unpaired) electrons. The average Bonchev–Trinajstić information content (AvgIpc) is 2.92. The van der Waals surface area contributed by atoms with E-state index in [1.165, 1.54) is 27.6 Å². The Balaban J connectivity index is 1.96. The molecule has 1 heterocycles. The molecule has 0 saturated carbocycles. The Bertz CT molecular complexity index is 780. The number of rotatable bonds is 1. The van der Waals surface area contributed by atoms with Crippen LogP contribution in [0.2, 0.25) is 5.02 Å². The predicted molar refractivity (Wildman–Crippen MR) is 85.7 cm³/mol. The molecule has 2 heteroatoms. The zero-order valence-corrected chi connectivity index (χ0v) is 11.7. The lowest BCUT2D eigenvalue weighted by atomic mass is 9.89. The van der Waals surface area contributed by atoms with Gasteiger partial charge in [-0.05, 0) is 40.1 Å². The second-order valence-electron chi connectivity index (χ2n) is 5.24. The molecule has 1 nitrogen and oxygen atoms in total. The molecule has 98 valence electrons. The molecular weight excluding hydrogens is 266 g/mol. The first-order valence-corrected chi connectivity index (χ1v) is 7.22. The van der Waals surface area contributed by atoms with Gasteiger partial charge in [-0.3, -0.25) is 0 Å². The second-order valence-corrected chi connectivity index (χ2v) is 5.67. The summed E-state index contributed by atoms with van der Waals surface area (Å²) in [4.78, 5) is 0. The first-order chi connectivity index (χ1) is 9.83. The molecule has 0 saturated heterocycles. The normalized spacial score (nSPS) is 16.9. The molecule has 0 bridgehead atoms. The quantitative estimate of drug-likeness (QED) is 0.657. The Morgan fingerprint density at radius 1 is 0.950 bits per heavy atom. The maximum Gasteiger partial charge on any atom is 0.0412 e. The summed E-state index contributed by atoms with van der Waals surface area (Å²) in [6.45, 7) is 0.959. The van der Waals surface area contributed by atoms with E-state index in [1.54, 1.807) is 0 Å². The third kappa shape index (κ3) is 1.78. The Morgan fingerprint density at radius 3 is 2.65 bits per heavy atom. The van der Waals surface area contributed by atoms with Gasteiger partial charge in [-0.15, -0.1) is 0 Å². The Hall–Kier alpha value is -1.99. The first kappa shape index (κ1) is 11.8. The Kier molecular flexibility index (Phi) is 2.68. The van der Waals surface area contributed by atoms with Gasteiger partial charge in [-0.1, -0.05) is 54.1 Å². The van der Waals surface area contributed by atoms with Crippen LogP contribution in [0.15, 0.2) is 60.7 Å². The zero-order valence-electron chi connectivity index (χ0n) is 10.9. The van der Waals surface area contributed by atoms with Crippen LogP contribution in [0.3, 0.4) is 0 Å². The molecule has 3 aromatic rings. The first-order valence-electron chi connectivity index (χ1n) is 6.84. The topological polar surface area (TPSA) is 12.0 Å². The molecule has 0 fully saturated rings. The SMILES string of the molecule is Clc1ccc2c3c(ccc2c1)NCC3c1ccccc1. The van der Waals surface area contributed by atoms with Crippen molar-refractivity contribution < 1.29 is 0 Å². The van der Waals surface area contributed by atoms with Crippen LogP contribution >= 0.6 is 11.6 Å². The van der Waals surface area contributed by atoms with E-state index < -0.39 is 0 Å².